The number of aromatic nitrogens is 2. The molecule has 1 fully saturated rings. The van der Waals surface area contributed by atoms with Gasteiger partial charge in [0.2, 0.25) is 0 Å². The second kappa shape index (κ2) is 8.57. The molecule has 1 aromatic heterocycles. The number of alkyl halides is 3. The first-order valence-corrected chi connectivity index (χ1v) is 10.2. The average Bonchev–Trinajstić information content (AvgIpc) is 3.20. The third-order valence-electron chi connectivity index (χ3n) is 5.45. The summed E-state index contributed by atoms with van der Waals surface area (Å²) in [4.78, 5) is 16.8. The zero-order valence-electron chi connectivity index (χ0n) is 17.8. The molecule has 2 aromatic carbocycles. The van der Waals surface area contributed by atoms with E-state index in [0.717, 1.165) is 12.1 Å². The van der Waals surface area contributed by atoms with Crippen LogP contribution in [0.2, 0.25) is 0 Å². The highest BCUT2D eigenvalue weighted by Crippen LogP contribution is 2.32. The van der Waals surface area contributed by atoms with E-state index >= 15 is 0 Å². The lowest BCUT2D eigenvalue weighted by molar-refractivity contribution is -0.137. The number of amides is 1. The molecule has 0 saturated carbocycles. The van der Waals surface area contributed by atoms with E-state index in [2.05, 4.69) is 5.10 Å². The Morgan fingerprint density at radius 1 is 0.969 bits per heavy atom. The molecule has 1 saturated heterocycles. The zero-order chi connectivity index (χ0) is 22.9. The quantitative estimate of drug-likeness (QED) is 0.606. The third-order valence-corrected chi connectivity index (χ3v) is 5.45. The second-order valence-corrected chi connectivity index (χ2v) is 7.61. The van der Waals surface area contributed by atoms with Gasteiger partial charge >= 0.3 is 6.18 Å². The van der Waals surface area contributed by atoms with Gasteiger partial charge in [-0.15, -0.1) is 0 Å². The first kappa shape index (κ1) is 21.7. The maximum Gasteiger partial charge on any atom is 0.416 e. The molecule has 0 unspecified atom stereocenters. The second-order valence-electron chi connectivity index (χ2n) is 7.61. The number of methoxy groups -OCH3 is 1. The Hall–Kier alpha value is -3.49. The number of nitrogens with zero attached hydrogens (tertiary/aromatic N) is 4. The lowest BCUT2D eigenvalue weighted by Gasteiger charge is -2.36. The number of ether oxygens (including phenoxy) is 1. The molecule has 0 aliphatic carbocycles. The third kappa shape index (κ3) is 4.42. The predicted octanol–water partition coefficient (Wildman–Crippen LogP) is 4.17. The van der Waals surface area contributed by atoms with E-state index in [-0.39, 0.29) is 5.91 Å². The molecular weight excluding hydrogens is 421 g/mol. The van der Waals surface area contributed by atoms with Crippen LogP contribution in [-0.2, 0) is 6.18 Å². The summed E-state index contributed by atoms with van der Waals surface area (Å²) in [6.07, 6.45) is -4.38. The first-order chi connectivity index (χ1) is 15.3. The molecule has 1 amide bonds. The molecule has 2 heterocycles. The summed E-state index contributed by atoms with van der Waals surface area (Å²) in [5.41, 5.74) is 1.68. The SMILES string of the molecule is COc1cccc(-n2nc(C)cc2C(=O)N2CCN(c3cccc(C(F)(F)F)c3)CC2)c1. The topological polar surface area (TPSA) is 50.6 Å². The number of hydrogen-bond acceptors (Lipinski definition) is 4. The van der Waals surface area contributed by atoms with E-state index in [9.17, 15) is 18.0 Å². The van der Waals surface area contributed by atoms with Crippen molar-refractivity contribution < 1.29 is 22.7 Å². The molecule has 0 bridgehead atoms. The van der Waals surface area contributed by atoms with Crippen LogP contribution in [0.15, 0.2) is 54.6 Å². The molecule has 1 aliphatic rings. The average molecular weight is 444 g/mol. The molecule has 3 aromatic rings. The molecule has 0 atom stereocenters. The lowest BCUT2D eigenvalue weighted by Crippen LogP contribution is -2.49. The van der Waals surface area contributed by atoms with Crippen LogP contribution in [0.1, 0.15) is 21.7 Å². The molecule has 0 spiro atoms. The van der Waals surface area contributed by atoms with E-state index in [1.54, 1.807) is 34.9 Å². The van der Waals surface area contributed by atoms with Crippen LogP contribution >= 0.6 is 0 Å². The van der Waals surface area contributed by atoms with E-state index in [0.29, 0.717) is 54.7 Å². The highest BCUT2D eigenvalue weighted by atomic mass is 19.4. The van der Waals surface area contributed by atoms with Gasteiger partial charge in [-0.3, -0.25) is 4.79 Å². The summed E-state index contributed by atoms with van der Waals surface area (Å²) >= 11 is 0. The number of aryl methyl sites for hydroxylation is 1. The van der Waals surface area contributed by atoms with Crippen LogP contribution in [0.4, 0.5) is 18.9 Å². The molecule has 4 rings (SSSR count). The lowest BCUT2D eigenvalue weighted by atomic mass is 10.1. The first-order valence-electron chi connectivity index (χ1n) is 10.2. The summed E-state index contributed by atoms with van der Waals surface area (Å²) < 4.78 is 46.0. The Labute approximate surface area is 183 Å². The highest BCUT2D eigenvalue weighted by Gasteiger charge is 2.31. The molecule has 0 radical (unpaired) electrons. The van der Waals surface area contributed by atoms with E-state index in [1.165, 1.54) is 6.07 Å². The van der Waals surface area contributed by atoms with Gasteiger partial charge < -0.3 is 14.5 Å². The van der Waals surface area contributed by atoms with Crippen LogP contribution in [-0.4, -0.2) is 53.9 Å². The normalized spacial score (nSPS) is 14.5. The van der Waals surface area contributed by atoms with Gasteiger partial charge in [0, 0.05) is 37.9 Å². The Morgan fingerprint density at radius 3 is 2.34 bits per heavy atom. The van der Waals surface area contributed by atoms with E-state index in [4.69, 9.17) is 4.74 Å². The van der Waals surface area contributed by atoms with Crippen LogP contribution in [0.3, 0.4) is 0 Å². The van der Waals surface area contributed by atoms with Crippen molar-refractivity contribution in [2.45, 2.75) is 13.1 Å². The molecule has 6 nitrogen and oxygen atoms in total. The van der Waals surface area contributed by atoms with Crippen LogP contribution in [0.5, 0.6) is 5.75 Å². The number of carbonyl (C=O) groups is 1. The molecule has 32 heavy (non-hydrogen) atoms. The number of benzene rings is 2. The Morgan fingerprint density at radius 2 is 1.66 bits per heavy atom. The summed E-state index contributed by atoms with van der Waals surface area (Å²) in [5, 5.41) is 4.46. The van der Waals surface area contributed by atoms with Gasteiger partial charge in [0.15, 0.2) is 0 Å². The van der Waals surface area contributed by atoms with Crippen molar-refractivity contribution in [3.05, 3.63) is 71.5 Å². The van der Waals surface area contributed by atoms with Crippen molar-refractivity contribution in [2.75, 3.05) is 38.2 Å². The van der Waals surface area contributed by atoms with Crippen molar-refractivity contribution >= 4 is 11.6 Å². The van der Waals surface area contributed by atoms with Crippen LogP contribution in [0.25, 0.3) is 5.69 Å². The Balaban J connectivity index is 1.50. The molecule has 0 N–H and O–H groups in total. The van der Waals surface area contributed by atoms with Gasteiger partial charge in [0.25, 0.3) is 5.91 Å². The minimum atomic E-state index is -4.38. The van der Waals surface area contributed by atoms with Crippen molar-refractivity contribution in [3.63, 3.8) is 0 Å². The number of rotatable bonds is 4. The fourth-order valence-corrected chi connectivity index (χ4v) is 3.80. The maximum absolute atomic E-state index is 13.3. The predicted molar refractivity (Wildman–Crippen MR) is 114 cm³/mol. The van der Waals surface area contributed by atoms with E-state index in [1.807, 2.05) is 30.0 Å². The van der Waals surface area contributed by atoms with Gasteiger partial charge in [0.05, 0.1) is 24.1 Å². The number of anilines is 1. The van der Waals surface area contributed by atoms with Gasteiger partial charge in [-0.2, -0.15) is 18.3 Å². The fourth-order valence-electron chi connectivity index (χ4n) is 3.80. The van der Waals surface area contributed by atoms with Crippen molar-refractivity contribution in [1.82, 2.24) is 14.7 Å². The van der Waals surface area contributed by atoms with Crippen LogP contribution < -0.4 is 9.64 Å². The van der Waals surface area contributed by atoms with Gasteiger partial charge in [0.1, 0.15) is 11.4 Å². The molecular formula is C23H23F3N4O2. The monoisotopic (exact) mass is 444 g/mol. The minimum absolute atomic E-state index is 0.169. The number of hydrogen-bond donors (Lipinski definition) is 0. The Bertz CT molecular complexity index is 1120. The molecule has 9 heteroatoms. The summed E-state index contributed by atoms with van der Waals surface area (Å²) in [5.74, 6) is 0.487. The van der Waals surface area contributed by atoms with E-state index < -0.39 is 11.7 Å². The van der Waals surface area contributed by atoms with Gasteiger partial charge in [-0.25, -0.2) is 4.68 Å². The highest BCUT2D eigenvalue weighted by molar-refractivity contribution is 5.93. The fraction of sp³-hybridized carbons (Fsp3) is 0.304. The maximum atomic E-state index is 13.3. The largest absolute Gasteiger partial charge is 0.497 e. The number of carbonyl (C=O) groups excluding carboxylic acids is 1. The minimum Gasteiger partial charge on any atom is -0.497 e. The van der Waals surface area contributed by atoms with Crippen molar-refractivity contribution in [3.8, 4) is 11.4 Å². The van der Waals surface area contributed by atoms with Crippen LogP contribution in [0, 0.1) is 6.92 Å². The molecule has 1 aliphatic heterocycles. The molecule has 168 valence electrons. The summed E-state index contributed by atoms with van der Waals surface area (Å²) in [7, 11) is 1.57. The number of piperazine rings is 1. The number of halogens is 3. The summed E-state index contributed by atoms with van der Waals surface area (Å²) in [6.45, 7) is 3.51. The standard InChI is InChI=1S/C23H23F3N4O2/c1-16-13-21(30(27-16)19-7-4-8-20(15-19)32-2)22(31)29-11-9-28(10-12-29)18-6-3-5-17(14-18)23(24,25)26/h3-8,13-15H,9-12H2,1-2H3. The van der Waals surface area contributed by atoms with Crippen molar-refractivity contribution in [1.29, 1.82) is 0 Å². The van der Waals surface area contributed by atoms with Crippen molar-refractivity contribution in [2.24, 2.45) is 0 Å². The van der Waals surface area contributed by atoms with Gasteiger partial charge in [-0.1, -0.05) is 12.1 Å². The smallest absolute Gasteiger partial charge is 0.416 e. The Kier molecular flexibility index (Phi) is 5.82. The van der Waals surface area contributed by atoms with Gasteiger partial charge in [-0.05, 0) is 43.3 Å². The zero-order valence-corrected chi connectivity index (χ0v) is 17.8. The summed E-state index contributed by atoms with van der Waals surface area (Å²) in [6, 6.07) is 14.3.